The maximum absolute atomic E-state index is 5.73. The summed E-state index contributed by atoms with van der Waals surface area (Å²) in [7, 11) is 0. The highest BCUT2D eigenvalue weighted by atomic mass is 32.1. The zero-order valence-corrected chi connectivity index (χ0v) is 17.4. The first-order chi connectivity index (χ1) is 13.5. The summed E-state index contributed by atoms with van der Waals surface area (Å²) < 4.78 is 4.02. The molecule has 0 spiro atoms. The van der Waals surface area contributed by atoms with Gasteiger partial charge in [0.15, 0.2) is 5.11 Å². The molecule has 4 rings (SSSR count). The van der Waals surface area contributed by atoms with Crippen LogP contribution in [0.4, 0.5) is 0 Å². The Hall–Kier alpha value is -2.74. The van der Waals surface area contributed by atoms with E-state index in [1.807, 2.05) is 23.0 Å². The monoisotopic (exact) mass is 395 g/mol. The zero-order chi connectivity index (χ0) is 19.8. The number of aromatic nitrogens is 5. The minimum atomic E-state index is 0.00214. The Kier molecular flexibility index (Phi) is 4.89. The molecule has 0 bridgehead atoms. The van der Waals surface area contributed by atoms with Crippen molar-refractivity contribution in [2.75, 3.05) is 6.54 Å². The van der Waals surface area contributed by atoms with Gasteiger partial charge in [0.25, 0.3) is 0 Å². The van der Waals surface area contributed by atoms with Crippen molar-refractivity contribution in [2.24, 2.45) is 5.92 Å². The van der Waals surface area contributed by atoms with Gasteiger partial charge in [0.05, 0.1) is 17.8 Å². The number of aryl methyl sites for hydroxylation is 1. The normalized spacial score (nSPS) is 19.5. The molecule has 146 valence electrons. The summed E-state index contributed by atoms with van der Waals surface area (Å²) in [5.74, 6) is 0.492. The fourth-order valence-electron chi connectivity index (χ4n) is 4.06. The summed E-state index contributed by atoms with van der Waals surface area (Å²) in [6.07, 6.45) is 5.26. The predicted octanol–water partition coefficient (Wildman–Crippen LogP) is 3.03. The lowest BCUT2D eigenvalue weighted by Crippen LogP contribution is -2.33. The van der Waals surface area contributed by atoms with Crippen molar-refractivity contribution in [3.8, 4) is 0 Å². The summed E-state index contributed by atoms with van der Waals surface area (Å²) in [5.41, 5.74) is 4.49. The molecular formula is C20H25N7S. The molecule has 1 fully saturated rings. The van der Waals surface area contributed by atoms with Gasteiger partial charge in [-0.3, -0.25) is 9.66 Å². The molecule has 28 heavy (non-hydrogen) atoms. The quantitative estimate of drug-likeness (QED) is 0.670. The van der Waals surface area contributed by atoms with E-state index in [0.29, 0.717) is 5.92 Å². The zero-order valence-electron chi connectivity index (χ0n) is 16.6. The Morgan fingerprint density at radius 2 is 1.93 bits per heavy atom. The lowest BCUT2D eigenvalue weighted by Gasteiger charge is -2.29. The minimum absolute atomic E-state index is 0.00214. The lowest BCUT2D eigenvalue weighted by molar-refractivity contribution is 0.286. The molecule has 1 N–H and O–H groups in total. The highest BCUT2D eigenvalue weighted by Gasteiger charge is 2.41. The molecule has 0 radical (unpaired) electrons. The van der Waals surface area contributed by atoms with Crippen LogP contribution in [0.15, 0.2) is 43.1 Å². The Morgan fingerprint density at radius 3 is 2.57 bits per heavy atom. The molecular weight excluding hydrogens is 370 g/mol. The van der Waals surface area contributed by atoms with Crippen molar-refractivity contribution in [3.63, 3.8) is 0 Å². The Labute approximate surface area is 170 Å². The van der Waals surface area contributed by atoms with Gasteiger partial charge >= 0.3 is 0 Å². The molecule has 2 atom stereocenters. The SMILES string of the molecule is Cc1cc([C@H]2[C@@H](c3ccccn3)NC(=S)N2CC(C)C)c(C)n1-n1cnnc1. The minimum Gasteiger partial charge on any atom is -0.352 e. The molecule has 0 aliphatic carbocycles. The van der Waals surface area contributed by atoms with Gasteiger partial charge in [0.2, 0.25) is 0 Å². The maximum atomic E-state index is 5.73. The molecule has 1 aliphatic heterocycles. The molecule has 8 heteroatoms. The summed E-state index contributed by atoms with van der Waals surface area (Å²) in [6.45, 7) is 9.55. The molecule has 1 saturated heterocycles. The van der Waals surface area contributed by atoms with Gasteiger partial charge in [-0.1, -0.05) is 19.9 Å². The van der Waals surface area contributed by atoms with Crippen LogP contribution in [0.3, 0.4) is 0 Å². The van der Waals surface area contributed by atoms with Gasteiger partial charge in [-0.15, -0.1) is 10.2 Å². The van der Waals surface area contributed by atoms with Crippen LogP contribution in [0, 0.1) is 19.8 Å². The Morgan fingerprint density at radius 1 is 1.18 bits per heavy atom. The maximum Gasteiger partial charge on any atom is 0.170 e. The summed E-state index contributed by atoms with van der Waals surface area (Å²) in [4.78, 5) is 6.92. The molecule has 0 unspecified atom stereocenters. The first kappa shape index (κ1) is 18.6. The van der Waals surface area contributed by atoms with Crippen LogP contribution in [0.25, 0.3) is 0 Å². The van der Waals surface area contributed by atoms with Gasteiger partial charge in [-0.05, 0) is 50.2 Å². The van der Waals surface area contributed by atoms with Crippen molar-refractivity contribution < 1.29 is 0 Å². The number of nitrogens with one attached hydrogen (secondary N) is 1. The first-order valence-corrected chi connectivity index (χ1v) is 9.90. The second-order valence-electron chi connectivity index (χ2n) is 7.65. The van der Waals surface area contributed by atoms with Crippen molar-refractivity contribution in [1.82, 2.24) is 34.8 Å². The number of nitrogens with zero attached hydrogens (tertiary/aromatic N) is 6. The average molecular weight is 396 g/mol. The molecule has 7 nitrogen and oxygen atoms in total. The number of pyridine rings is 1. The van der Waals surface area contributed by atoms with E-state index in [4.69, 9.17) is 12.2 Å². The van der Waals surface area contributed by atoms with Crippen molar-refractivity contribution in [2.45, 2.75) is 39.8 Å². The Bertz CT molecular complexity index is 962. The van der Waals surface area contributed by atoms with E-state index in [2.05, 4.69) is 69.9 Å². The fourth-order valence-corrected chi connectivity index (χ4v) is 4.38. The fraction of sp³-hybridized carbons (Fsp3) is 0.400. The Balaban J connectivity index is 1.83. The third kappa shape index (κ3) is 3.17. The van der Waals surface area contributed by atoms with Gasteiger partial charge in [-0.2, -0.15) is 0 Å². The van der Waals surface area contributed by atoms with E-state index in [0.717, 1.165) is 28.7 Å². The second kappa shape index (κ2) is 7.35. The average Bonchev–Trinajstić information content (AvgIpc) is 3.35. The standard InChI is InChI=1S/C20H25N7S/c1-13(2)10-26-19(18(24-20(26)28)17-7-5-6-8-21-17)16-9-14(3)27(15(16)4)25-11-22-23-12-25/h5-9,11-13,18-19H,10H2,1-4H3,(H,24,28)/t18-,19+/m1/s1. The first-order valence-electron chi connectivity index (χ1n) is 9.49. The molecule has 3 aromatic heterocycles. The van der Waals surface area contributed by atoms with E-state index in [9.17, 15) is 0 Å². The van der Waals surface area contributed by atoms with Crippen molar-refractivity contribution in [3.05, 3.63) is 65.8 Å². The van der Waals surface area contributed by atoms with Gasteiger partial charge < -0.3 is 10.2 Å². The van der Waals surface area contributed by atoms with Gasteiger partial charge in [-0.25, -0.2) is 4.68 Å². The summed E-state index contributed by atoms with van der Waals surface area (Å²) in [6, 6.07) is 8.33. The number of hydrogen-bond acceptors (Lipinski definition) is 4. The van der Waals surface area contributed by atoms with Crippen LogP contribution in [0.5, 0.6) is 0 Å². The topological polar surface area (TPSA) is 63.8 Å². The van der Waals surface area contributed by atoms with E-state index in [-0.39, 0.29) is 12.1 Å². The van der Waals surface area contributed by atoms with Crippen LogP contribution < -0.4 is 5.32 Å². The predicted molar refractivity (Wildman–Crippen MR) is 112 cm³/mol. The number of rotatable bonds is 5. The molecule has 3 aromatic rings. The van der Waals surface area contributed by atoms with E-state index >= 15 is 0 Å². The van der Waals surface area contributed by atoms with Crippen LogP contribution in [0.2, 0.25) is 0 Å². The van der Waals surface area contributed by atoms with Crippen LogP contribution >= 0.6 is 12.2 Å². The van der Waals surface area contributed by atoms with Crippen molar-refractivity contribution >= 4 is 17.3 Å². The second-order valence-corrected chi connectivity index (χ2v) is 8.04. The third-order valence-corrected chi connectivity index (χ3v) is 5.50. The van der Waals surface area contributed by atoms with Gasteiger partial charge in [0.1, 0.15) is 12.7 Å². The highest BCUT2D eigenvalue weighted by Crippen LogP contribution is 2.41. The van der Waals surface area contributed by atoms with Crippen LogP contribution in [-0.4, -0.2) is 41.1 Å². The van der Waals surface area contributed by atoms with E-state index in [1.165, 1.54) is 5.56 Å². The van der Waals surface area contributed by atoms with Crippen LogP contribution in [0.1, 0.15) is 48.6 Å². The molecule has 4 heterocycles. The summed E-state index contributed by atoms with van der Waals surface area (Å²) >= 11 is 5.73. The summed E-state index contributed by atoms with van der Waals surface area (Å²) in [5, 5.41) is 12.2. The van der Waals surface area contributed by atoms with Crippen LogP contribution in [-0.2, 0) is 0 Å². The molecule has 0 saturated carbocycles. The van der Waals surface area contributed by atoms with E-state index in [1.54, 1.807) is 12.7 Å². The van der Waals surface area contributed by atoms with E-state index < -0.39 is 0 Å². The van der Waals surface area contributed by atoms with Crippen molar-refractivity contribution in [1.29, 1.82) is 0 Å². The number of hydrogen-bond donors (Lipinski definition) is 1. The van der Waals surface area contributed by atoms with Gasteiger partial charge in [0, 0.05) is 29.7 Å². The molecule has 0 amide bonds. The largest absolute Gasteiger partial charge is 0.352 e. The molecule has 1 aliphatic rings. The smallest absolute Gasteiger partial charge is 0.170 e. The highest BCUT2D eigenvalue weighted by molar-refractivity contribution is 7.80. The number of thiocarbonyl (C=S) groups is 1. The lowest BCUT2D eigenvalue weighted by atomic mass is 9.96. The third-order valence-electron chi connectivity index (χ3n) is 5.15. The molecule has 0 aromatic carbocycles.